The van der Waals surface area contributed by atoms with Gasteiger partial charge in [0.1, 0.15) is 11.6 Å². The summed E-state index contributed by atoms with van der Waals surface area (Å²) in [7, 11) is 0. The summed E-state index contributed by atoms with van der Waals surface area (Å²) in [4.78, 5) is 34.4. The van der Waals surface area contributed by atoms with Crippen LogP contribution in [-0.2, 0) is 24.9 Å². The number of hydrogen-bond donors (Lipinski definition) is 0. The lowest BCUT2D eigenvalue weighted by atomic mass is 9.95. The summed E-state index contributed by atoms with van der Waals surface area (Å²) in [5.74, 6) is -0.0501. The van der Waals surface area contributed by atoms with Crippen molar-refractivity contribution in [2.75, 3.05) is 6.54 Å². The Bertz CT molecular complexity index is 1220. The molecule has 0 unspecified atom stereocenters. The predicted molar refractivity (Wildman–Crippen MR) is 108 cm³/mol. The number of halogens is 1. The Kier molecular flexibility index (Phi) is 4.85. The molecule has 0 atom stereocenters. The molecular weight excluding hydrogens is 391 g/mol. The van der Waals surface area contributed by atoms with E-state index in [9.17, 15) is 19.3 Å². The summed E-state index contributed by atoms with van der Waals surface area (Å²) >= 11 is 0. The molecule has 8 nitrogen and oxygen atoms in total. The Morgan fingerprint density at radius 1 is 1.33 bits per heavy atom. The largest absolute Gasteiger partial charge is 0.456 e. The van der Waals surface area contributed by atoms with Gasteiger partial charge in [-0.25, -0.2) is 14.4 Å². The van der Waals surface area contributed by atoms with E-state index >= 15 is 0 Å². The van der Waals surface area contributed by atoms with Gasteiger partial charge in [-0.3, -0.25) is 19.8 Å². The van der Waals surface area contributed by atoms with Crippen LogP contribution in [-0.4, -0.2) is 26.3 Å². The van der Waals surface area contributed by atoms with Crippen LogP contribution in [0.4, 0.5) is 10.1 Å². The summed E-state index contributed by atoms with van der Waals surface area (Å²) in [5.41, 5.74) is 0.945. The number of fused-ring (bicyclic) bond motifs is 2. The minimum Gasteiger partial charge on any atom is -0.456 e. The van der Waals surface area contributed by atoms with Crippen LogP contribution in [0, 0.1) is 15.9 Å². The highest BCUT2D eigenvalue weighted by Crippen LogP contribution is 2.27. The van der Waals surface area contributed by atoms with Crippen LogP contribution in [0.2, 0.25) is 0 Å². The van der Waals surface area contributed by atoms with Gasteiger partial charge in [0.05, 0.1) is 22.6 Å². The molecule has 0 saturated heterocycles. The lowest BCUT2D eigenvalue weighted by molar-refractivity contribution is -0.383. The molecule has 1 aliphatic heterocycles. The molecule has 0 fully saturated rings. The number of non-ortho nitro benzene ring substituents is 1. The lowest BCUT2D eigenvalue weighted by Gasteiger charge is -2.28. The molecule has 0 spiro atoms. The topological polar surface area (TPSA) is 102 Å². The Labute approximate surface area is 171 Å². The van der Waals surface area contributed by atoms with Crippen LogP contribution in [0.1, 0.15) is 43.4 Å². The van der Waals surface area contributed by atoms with Crippen molar-refractivity contribution in [1.29, 1.82) is 0 Å². The molecule has 0 radical (unpaired) electrons. The van der Waals surface area contributed by atoms with E-state index < -0.39 is 21.9 Å². The molecule has 0 saturated carbocycles. The SMILES string of the molecule is CC(C)(C)c1ncc2c(n1)CCN(Cc1coc3c([N+](=O)[O-])cc(F)cc3c1=O)C2. The molecule has 1 aromatic carbocycles. The van der Waals surface area contributed by atoms with Crippen molar-refractivity contribution < 1.29 is 13.7 Å². The van der Waals surface area contributed by atoms with Crippen LogP contribution < -0.4 is 5.43 Å². The van der Waals surface area contributed by atoms with Crippen molar-refractivity contribution in [3.05, 3.63) is 73.4 Å². The number of hydrogen-bond acceptors (Lipinski definition) is 7. The fraction of sp³-hybridized carbons (Fsp3) is 0.381. The van der Waals surface area contributed by atoms with Crippen molar-refractivity contribution in [3.63, 3.8) is 0 Å². The normalized spacial score (nSPS) is 14.7. The fourth-order valence-electron chi connectivity index (χ4n) is 3.58. The first-order valence-electron chi connectivity index (χ1n) is 9.59. The molecule has 156 valence electrons. The average molecular weight is 412 g/mol. The van der Waals surface area contributed by atoms with Crippen molar-refractivity contribution in [3.8, 4) is 0 Å². The third-order valence-electron chi connectivity index (χ3n) is 5.16. The van der Waals surface area contributed by atoms with Crippen molar-refractivity contribution in [1.82, 2.24) is 14.9 Å². The maximum absolute atomic E-state index is 13.8. The van der Waals surface area contributed by atoms with Crippen LogP contribution in [0.3, 0.4) is 0 Å². The zero-order valence-electron chi connectivity index (χ0n) is 16.9. The van der Waals surface area contributed by atoms with Crippen molar-refractivity contribution in [2.24, 2.45) is 0 Å². The predicted octanol–water partition coefficient (Wildman–Crippen LogP) is 3.49. The Balaban J connectivity index is 1.62. The number of benzene rings is 1. The molecule has 4 rings (SSSR count). The van der Waals surface area contributed by atoms with Crippen LogP contribution in [0.5, 0.6) is 0 Å². The highest BCUT2D eigenvalue weighted by atomic mass is 19.1. The van der Waals surface area contributed by atoms with Gasteiger partial charge < -0.3 is 4.42 Å². The smallest absolute Gasteiger partial charge is 0.315 e. The zero-order chi connectivity index (χ0) is 21.6. The summed E-state index contributed by atoms with van der Waals surface area (Å²) < 4.78 is 19.2. The minimum atomic E-state index is -0.850. The lowest BCUT2D eigenvalue weighted by Crippen LogP contribution is -2.33. The molecule has 30 heavy (non-hydrogen) atoms. The van der Waals surface area contributed by atoms with Crippen molar-refractivity contribution in [2.45, 2.75) is 45.7 Å². The molecule has 0 bridgehead atoms. The van der Waals surface area contributed by atoms with E-state index in [0.717, 1.165) is 35.6 Å². The second-order valence-corrected chi connectivity index (χ2v) is 8.52. The average Bonchev–Trinajstić information content (AvgIpc) is 2.68. The van der Waals surface area contributed by atoms with Crippen LogP contribution in [0.25, 0.3) is 11.0 Å². The standard InChI is InChI=1S/C21H21FN4O4/c1-21(2,3)20-23-8-12-9-25(5-4-16(12)24-20)10-13-11-30-19-15(18(13)27)6-14(22)7-17(19)26(28)29/h6-8,11H,4-5,9-10H2,1-3H3. The summed E-state index contributed by atoms with van der Waals surface area (Å²) in [6.07, 6.45) is 3.78. The van der Waals surface area contributed by atoms with Gasteiger partial charge in [0.15, 0.2) is 5.43 Å². The molecule has 0 N–H and O–H groups in total. The highest BCUT2D eigenvalue weighted by Gasteiger charge is 2.25. The zero-order valence-corrected chi connectivity index (χ0v) is 16.9. The molecule has 3 heterocycles. The number of aromatic nitrogens is 2. The van der Waals surface area contributed by atoms with Gasteiger partial charge in [0.2, 0.25) is 5.58 Å². The quantitative estimate of drug-likeness (QED) is 0.479. The number of nitro groups is 1. The highest BCUT2D eigenvalue weighted by molar-refractivity contribution is 5.85. The summed E-state index contributed by atoms with van der Waals surface area (Å²) in [6, 6.07) is 1.73. The maximum atomic E-state index is 13.8. The van der Waals surface area contributed by atoms with E-state index in [1.54, 1.807) is 0 Å². The number of nitrogens with zero attached hydrogens (tertiary/aromatic N) is 4. The van der Waals surface area contributed by atoms with Gasteiger partial charge in [-0.05, 0) is 6.07 Å². The molecule has 9 heteroatoms. The van der Waals surface area contributed by atoms with E-state index in [1.165, 1.54) is 6.26 Å². The van der Waals surface area contributed by atoms with Crippen LogP contribution >= 0.6 is 0 Å². The molecule has 1 aliphatic rings. The van der Waals surface area contributed by atoms with E-state index in [0.29, 0.717) is 18.7 Å². The van der Waals surface area contributed by atoms with Gasteiger partial charge in [0, 0.05) is 54.5 Å². The first-order valence-corrected chi connectivity index (χ1v) is 9.59. The Morgan fingerprint density at radius 3 is 2.80 bits per heavy atom. The monoisotopic (exact) mass is 412 g/mol. The van der Waals surface area contributed by atoms with E-state index in [2.05, 4.69) is 25.8 Å². The molecular formula is C21H21FN4O4. The fourth-order valence-corrected chi connectivity index (χ4v) is 3.58. The Hall–Kier alpha value is -3.20. The van der Waals surface area contributed by atoms with Gasteiger partial charge >= 0.3 is 5.69 Å². The Morgan fingerprint density at radius 2 is 2.10 bits per heavy atom. The molecule has 2 aromatic heterocycles. The van der Waals surface area contributed by atoms with Crippen LogP contribution in [0.15, 0.2) is 33.8 Å². The molecule has 3 aromatic rings. The third kappa shape index (κ3) is 3.68. The second-order valence-electron chi connectivity index (χ2n) is 8.52. The minimum absolute atomic E-state index is 0.130. The first kappa shape index (κ1) is 20.1. The number of rotatable bonds is 3. The molecule has 0 amide bonds. The summed E-state index contributed by atoms with van der Waals surface area (Å²) in [5, 5.41) is 11.0. The first-order chi connectivity index (χ1) is 14.1. The van der Waals surface area contributed by atoms with E-state index in [-0.39, 0.29) is 22.9 Å². The maximum Gasteiger partial charge on any atom is 0.315 e. The summed E-state index contributed by atoms with van der Waals surface area (Å²) in [6.45, 7) is 7.74. The third-order valence-corrected chi connectivity index (χ3v) is 5.16. The molecule has 0 aliphatic carbocycles. The van der Waals surface area contributed by atoms with E-state index in [4.69, 9.17) is 9.40 Å². The van der Waals surface area contributed by atoms with E-state index in [1.807, 2.05) is 11.1 Å². The van der Waals surface area contributed by atoms with Gasteiger partial charge in [0.25, 0.3) is 0 Å². The van der Waals surface area contributed by atoms with Gasteiger partial charge in [-0.15, -0.1) is 0 Å². The van der Waals surface area contributed by atoms with Crippen molar-refractivity contribution >= 4 is 16.7 Å². The van der Waals surface area contributed by atoms with Gasteiger partial charge in [-0.2, -0.15) is 0 Å². The second kappa shape index (κ2) is 7.24. The van der Waals surface area contributed by atoms with Gasteiger partial charge in [-0.1, -0.05) is 20.8 Å². The number of nitro benzene ring substituents is 1.